The van der Waals surface area contributed by atoms with Gasteiger partial charge in [0, 0.05) is 25.4 Å². The molecule has 13 heavy (non-hydrogen) atoms. The lowest BCUT2D eigenvalue weighted by Gasteiger charge is -1.89. The van der Waals surface area contributed by atoms with Crippen molar-refractivity contribution in [1.82, 2.24) is 15.3 Å². The maximum atomic E-state index is 4.02. The van der Waals surface area contributed by atoms with E-state index in [0.717, 1.165) is 17.4 Å². The Morgan fingerprint density at radius 3 is 2.77 bits per heavy atom. The maximum absolute atomic E-state index is 4.02. The second kappa shape index (κ2) is 5.68. The molecule has 0 aliphatic rings. The van der Waals surface area contributed by atoms with E-state index in [2.05, 4.69) is 43.1 Å². The van der Waals surface area contributed by atoms with Crippen molar-refractivity contribution in [3.8, 4) is 11.8 Å². The van der Waals surface area contributed by atoms with Gasteiger partial charge in [0.05, 0.1) is 4.47 Å². The van der Waals surface area contributed by atoms with Gasteiger partial charge in [-0.15, -0.1) is 0 Å². The second-order valence-electron chi connectivity index (χ2n) is 2.38. The molecule has 1 N–H and O–H groups in total. The molecule has 0 spiro atoms. The molecule has 0 saturated heterocycles. The first kappa shape index (κ1) is 10.2. The molecule has 0 atom stereocenters. The molecule has 1 aromatic rings. The standard InChI is InChI=1S/C9H10BrN3/c1-11-5-3-2-4-9-12-6-8(10)7-13-9/h6-7,11H,3,5H2,1H3. The minimum absolute atomic E-state index is 0.569. The van der Waals surface area contributed by atoms with Crippen molar-refractivity contribution in [2.24, 2.45) is 0 Å². The van der Waals surface area contributed by atoms with Gasteiger partial charge in [0.15, 0.2) is 0 Å². The van der Waals surface area contributed by atoms with Gasteiger partial charge in [-0.3, -0.25) is 0 Å². The lowest BCUT2D eigenvalue weighted by atomic mass is 10.4. The second-order valence-corrected chi connectivity index (χ2v) is 3.30. The highest BCUT2D eigenvalue weighted by Crippen LogP contribution is 2.03. The zero-order valence-electron chi connectivity index (χ0n) is 7.34. The van der Waals surface area contributed by atoms with Gasteiger partial charge in [-0.25, -0.2) is 9.97 Å². The normalized spacial score (nSPS) is 9.08. The highest BCUT2D eigenvalue weighted by atomic mass is 79.9. The lowest BCUT2D eigenvalue weighted by molar-refractivity contribution is 0.818. The van der Waals surface area contributed by atoms with Crippen LogP contribution in [0.25, 0.3) is 0 Å². The largest absolute Gasteiger partial charge is 0.319 e. The molecule has 1 heterocycles. The minimum atomic E-state index is 0.569. The summed E-state index contributed by atoms with van der Waals surface area (Å²) in [5.41, 5.74) is 0. The van der Waals surface area contributed by atoms with E-state index in [1.165, 1.54) is 0 Å². The van der Waals surface area contributed by atoms with Gasteiger partial charge < -0.3 is 5.32 Å². The van der Waals surface area contributed by atoms with Crippen LogP contribution in [0.15, 0.2) is 16.9 Å². The third-order valence-electron chi connectivity index (χ3n) is 1.32. The van der Waals surface area contributed by atoms with Crippen LogP contribution in [0.5, 0.6) is 0 Å². The number of halogens is 1. The number of hydrogen-bond acceptors (Lipinski definition) is 3. The Balaban J connectivity index is 2.52. The fraction of sp³-hybridized carbons (Fsp3) is 0.333. The van der Waals surface area contributed by atoms with Crippen LogP contribution in [0.1, 0.15) is 12.2 Å². The summed E-state index contributed by atoms with van der Waals surface area (Å²) in [6, 6.07) is 0. The van der Waals surface area contributed by atoms with Crippen molar-refractivity contribution in [2.75, 3.05) is 13.6 Å². The van der Waals surface area contributed by atoms with Crippen LogP contribution in [0.4, 0.5) is 0 Å². The highest BCUT2D eigenvalue weighted by Gasteiger charge is 1.88. The molecule has 0 bridgehead atoms. The number of hydrogen-bond donors (Lipinski definition) is 1. The summed E-state index contributed by atoms with van der Waals surface area (Å²) in [6.07, 6.45) is 4.19. The monoisotopic (exact) mass is 239 g/mol. The number of aromatic nitrogens is 2. The van der Waals surface area contributed by atoms with Crippen molar-refractivity contribution in [3.05, 3.63) is 22.7 Å². The molecular weight excluding hydrogens is 230 g/mol. The molecule has 0 aliphatic carbocycles. The van der Waals surface area contributed by atoms with E-state index in [4.69, 9.17) is 0 Å². The third-order valence-corrected chi connectivity index (χ3v) is 1.73. The summed E-state index contributed by atoms with van der Waals surface area (Å²) in [7, 11) is 1.90. The van der Waals surface area contributed by atoms with Gasteiger partial charge in [-0.2, -0.15) is 0 Å². The van der Waals surface area contributed by atoms with E-state index in [0.29, 0.717) is 5.82 Å². The van der Waals surface area contributed by atoms with E-state index in [9.17, 15) is 0 Å². The molecule has 0 fully saturated rings. The predicted molar refractivity (Wildman–Crippen MR) is 55.2 cm³/mol. The number of rotatable bonds is 2. The number of nitrogens with zero attached hydrogens (tertiary/aromatic N) is 2. The van der Waals surface area contributed by atoms with Crippen LogP contribution >= 0.6 is 15.9 Å². The number of nitrogens with one attached hydrogen (secondary N) is 1. The maximum Gasteiger partial charge on any atom is 0.204 e. The van der Waals surface area contributed by atoms with Crippen LogP contribution in [-0.2, 0) is 0 Å². The molecule has 4 heteroatoms. The first-order valence-corrected chi connectivity index (χ1v) is 4.73. The van der Waals surface area contributed by atoms with Crippen molar-refractivity contribution < 1.29 is 0 Å². The average Bonchev–Trinajstić information content (AvgIpc) is 2.15. The Morgan fingerprint density at radius 2 is 2.15 bits per heavy atom. The third kappa shape index (κ3) is 4.02. The van der Waals surface area contributed by atoms with E-state index < -0.39 is 0 Å². The van der Waals surface area contributed by atoms with E-state index >= 15 is 0 Å². The van der Waals surface area contributed by atoms with E-state index in [1.54, 1.807) is 12.4 Å². The van der Waals surface area contributed by atoms with Gasteiger partial charge in [-0.05, 0) is 28.9 Å². The van der Waals surface area contributed by atoms with Crippen LogP contribution in [-0.4, -0.2) is 23.6 Å². The molecule has 0 unspecified atom stereocenters. The summed E-state index contributed by atoms with van der Waals surface area (Å²) >= 11 is 3.26. The Labute approximate surface area is 86.1 Å². The molecule has 0 amide bonds. The summed E-state index contributed by atoms with van der Waals surface area (Å²) in [5, 5.41) is 3.01. The molecule has 0 aromatic carbocycles. The minimum Gasteiger partial charge on any atom is -0.319 e. The smallest absolute Gasteiger partial charge is 0.204 e. The topological polar surface area (TPSA) is 37.8 Å². The first-order chi connectivity index (χ1) is 6.33. The average molecular weight is 240 g/mol. The fourth-order valence-corrected chi connectivity index (χ4v) is 0.911. The lowest BCUT2D eigenvalue weighted by Crippen LogP contribution is -2.05. The molecular formula is C9H10BrN3. The summed E-state index contributed by atoms with van der Waals surface area (Å²) < 4.78 is 0.869. The summed E-state index contributed by atoms with van der Waals surface area (Å²) in [6.45, 7) is 0.892. The first-order valence-electron chi connectivity index (χ1n) is 3.94. The predicted octanol–water partition coefficient (Wildman–Crippen LogP) is 1.20. The van der Waals surface area contributed by atoms with Crippen LogP contribution in [0.3, 0.4) is 0 Å². The van der Waals surface area contributed by atoms with Crippen LogP contribution in [0.2, 0.25) is 0 Å². The molecule has 0 aliphatic heterocycles. The van der Waals surface area contributed by atoms with Gasteiger partial charge in [0.25, 0.3) is 0 Å². The zero-order valence-corrected chi connectivity index (χ0v) is 8.93. The molecule has 0 radical (unpaired) electrons. The van der Waals surface area contributed by atoms with Crippen molar-refractivity contribution in [1.29, 1.82) is 0 Å². The van der Waals surface area contributed by atoms with Gasteiger partial charge >= 0.3 is 0 Å². The fourth-order valence-electron chi connectivity index (χ4n) is 0.706. The van der Waals surface area contributed by atoms with Gasteiger partial charge in [0.1, 0.15) is 0 Å². The quantitative estimate of drug-likeness (QED) is 0.623. The SMILES string of the molecule is CNCCC#Cc1ncc(Br)cn1. The van der Waals surface area contributed by atoms with E-state index in [1.807, 2.05) is 7.05 Å². The Kier molecular flexibility index (Phi) is 4.44. The van der Waals surface area contributed by atoms with Gasteiger partial charge in [0.2, 0.25) is 5.82 Å². The van der Waals surface area contributed by atoms with Crippen LogP contribution in [0, 0.1) is 11.8 Å². The van der Waals surface area contributed by atoms with E-state index in [-0.39, 0.29) is 0 Å². The Bertz CT molecular complexity index is 310. The Hall–Kier alpha value is -0.920. The van der Waals surface area contributed by atoms with Crippen molar-refractivity contribution >= 4 is 15.9 Å². The van der Waals surface area contributed by atoms with Crippen LogP contribution < -0.4 is 5.32 Å². The summed E-state index contributed by atoms with van der Waals surface area (Å²) in [4.78, 5) is 8.05. The molecule has 68 valence electrons. The van der Waals surface area contributed by atoms with Gasteiger partial charge in [-0.1, -0.05) is 5.92 Å². The molecule has 0 saturated carbocycles. The molecule has 1 aromatic heterocycles. The highest BCUT2D eigenvalue weighted by molar-refractivity contribution is 9.10. The zero-order chi connectivity index (χ0) is 9.52. The Morgan fingerprint density at radius 1 is 1.46 bits per heavy atom. The van der Waals surface area contributed by atoms with Crippen molar-refractivity contribution in [2.45, 2.75) is 6.42 Å². The molecule has 3 nitrogen and oxygen atoms in total. The molecule has 1 rings (SSSR count). The summed E-state index contributed by atoms with van der Waals surface area (Å²) in [5.74, 6) is 6.41. The van der Waals surface area contributed by atoms with Crippen molar-refractivity contribution in [3.63, 3.8) is 0 Å².